The predicted molar refractivity (Wildman–Crippen MR) is 123 cm³/mol. The predicted octanol–water partition coefficient (Wildman–Crippen LogP) is 4.52. The average molecular weight is 421 g/mol. The number of hydrogen-bond donors (Lipinski definition) is 1. The van der Waals surface area contributed by atoms with Crippen molar-refractivity contribution < 1.29 is 9.63 Å². The van der Waals surface area contributed by atoms with Gasteiger partial charge in [0.1, 0.15) is 0 Å². The number of hydrogen-bond acceptors (Lipinski definition) is 4. The zero-order valence-electron chi connectivity index (χ0n) is 18.2. The maximum Gasteiger partial charge on any atom is 0.322 e. The van der Waals surface area contributed by atoms with Gasteiger partial charge in [0, 0.05) is 50.0 Å². The first kappa shape index (κ1) is 20.3. The molecule has 2 amide bonds. The Morgan fingerprint density at radius 2 is 1.74 bits per heavy atom. The van der Waals surface area contributed by atoms with E-state index in [4.69, 9.17) is 4.84 Å². The molecule has 6 heteroatoms. The number of piperidine rings is 2. The number of nitrogens with one attached hydrogen (secondary N) is 1. The van der Waals surface area contributed by atoms with Crippen LogP contribution in [-0.2, 0) is 4.84 Å². The second-order valence-corrected chi connectivity index (χ2v) is 9.01. The molecule has 2 aromatic carbocycles. The third-order valence-corrected chi connectivity index (χ3v) is 7.06. The summed E-state index contributed by atoms with van der Waals surface area (Å²) in [5.41, 5.74) is 3.31. The molecule has 3 aliphatic heterocycles. The molecule has 31 heavy (non-hydrogen) atoms. The highest BCUT2D eigenvalue weighted by Crippen LogP contribution is 2.39. The van der Waals surface area contributed by atoms with Crippen LogP contribution in [0.4, 0.5) is 16.2 Å². The van der Waals surface area contributed by atoms with Gasteiger partial charge < -0.3 is 15.1 Å². The maximum atomic E-state index is 13.3. The molecule has 0 bridgehead atoms. The molecule has 1 N–H and O–H groups in total. The van der Waals surface area contributed by atoms with E-state index in [0.29, 0.717) is 25.1 Å². The van der Waals surface area contributed by atoms with Crippen LogP contribution in [-0.4, -0.2) is 55.3 Å². The molecule has 0 spiro atoms. The Morgan fingerprint density at radius 1 is 1.00 bits per heavy atom. The average Bonchev–Trinajstić information content (AvgIpc) is 3.19. The Kier molecular flexibility index (Phi) is 5.83. The zero-order chi connectivity index (χ0) is 21.2. The minimum absolute atomic E-state index is 0.0320. The summed E-state index contributed by atoms with van der Waals surface area (Å²) in [6, 6.07) is 18.9. The Bertz CT molecular complexity index is 882. The van der Waals surface area contributed by atoms with Crippen LogP contribution in [0, 0.1) is 5.92 Å². The number of hydroxylamine groups is 2. The molecule has 3 fully saturated rings. The van der Waals surface area contributed by atoms with Crippen molar-refractivity contribution in [3.05, 3.63) is 60.2 Å². The molecular weight excluding hydrogens is 388 g/mol. The number of fused-ring (bicyclic) bond motifs is 1. The van der Waals surface area contributed by atoms with Gasteiger partial charge in [-0.15, -0.1) is 0 Å². The highest BCUT2D eigenvalue weighted by atomic mass is 16.7. The lowest BCUT2D eigenvalue weighted by atomic mass is 9.85. The van der Waals surface area contributed by atoms with Gasteiger partial charge in [0.05, 0.1) is 12.6 Å². The molecule has 0 aliphatic carbocycles. The number of benzene rings is 2. The van der Waals surface area contributed by atoms with Crippen LogP contribution in [0.5, 0.6) is 0 Å². The van der Waals surface area contributed by atoms with E-state index in [1.165, 1.54) is 30.5 Å². The third kappa shape index (κ3) is 4.27. The Hall–Kier alpha value is -2.57. The summed E-state index contributed by atoms with van der Waals surface area (Å²) in [6.07, 6.45) is 4.76. The van der Waals surface area contributed by atoms with Gasteiger partial charge in [0.25, 0.3) is 0 Å². The fourth-order valence-corrected chi connectivity index (χ4v) is 5.28. The largest absolute Gasteiger partial charge is 0.372 e. The van der Waals surface area contributed by atoms with Gasteiger partial charge in [0.2, 0.25) is 0 Å². The fourth-order valence-electron chi connectivity index (χ4n) is 5.28. The monoisotopic (exact) mass is 420 g/mol. The van der Waals surface area contributed by atoms with Gasteiger partial charge in [0.15, 0.2) is 0 Å². The molecule has 0 saturated carbocycles. The molecule has 3 atom stereocenters. The molecule has 2 aromatic rings. The van der Waals surface area contributed by atoms with E-state index < -0.39 is 0 Å². The fraction of sp³-hybridized carbons (Fsp3) is 0.480. The first-order chi connectivity index (χ1) is 15.2. The van der Waals surface area contributed by atoms with Crippen LogP contribution in [0.3, 0.4) is 0 Å². The number of para-hydroxylation sites is 1. The summed E-state index contributed by atoms with van der Waals surface area (Å²) in [7, 11) is 2.01. The highest BCUT2D eigenvalue weighted by Gasteiger charge is 2.44. The molecule has 0 aromatic heterocycles. The van der Waals surface area contributed by atoms with Crippen molar-refractivity contribution in [3.63, 3.8) is 0 Å². The second-order valence-electron chi connectivity index (χ2n) is 9.01. The molecule has 3 saturated heterocycles. The first-order valence-corrected chi connectivity index (χ1v) is 11.5. The molecule has 5 rings (SSSR count). The number of carbonyl (C=O) groups is 1. The third-order valence-electron chi connectivity index (χ3n) is 7.06. The number of urea groups is 1. The molecule has 6 nitrogen and oxygen atoms in total. The molecule has 3 aliphatic rings. The van der Waals surface area contributed by atoms with Gasteiger partial charge in [-0.1, -0.05) is 30.3 Å². The summed E-state index contributed by atoms with van der Waals surface area (Å²) < 4.78 is 0. The molecule has 3 heterocycles. The van der Waals surface area contributed by atoms with Crippen molar-refractivity contribution in [2.45, 2.75) is 37.8 Å². The SMILES string of the molecule is CN1OC[C@@H]2CN(C(=O)Nc3ccccc3)[C@H](c3ccc(N4CCCCC4)cc3)C[C@@H]21. The number of likely N-dealkylation sites (tertiary alicyclic amines) is 1. The maximum absolute atomic E-state index is 13.3. The molecule has 0 radical (unpaired) electrons. The van der Waals surface area contributed by atoms with E-state index in [-0.39, 0.29) is 12.1 Å². The topological polar surface area (TPSA) is 48.1 Å². The summed E-state index contributed by atoms with van der Waals surface area (Å²) >= 11 is 0. The Labute approximate surface area is 184 Å². The van der Waals surface area contributed by atoms with Crippen LogP contribution in [0.1, 0.15) is 37.3 Å². The van der Waals surface area contributed by atoms with Crippen LogP contribution < -0.4 is 10.2 Å². The standard InChI is InChI=1S/C25H32N4O2/c1-27-23-16-24(19-10-12-22(13-11-19)28-14-6-3-7-15-28)29(17-20(23)18-31-27)25(30)26-21-8-4-2-5-9-21/h2,4-5,8-13,20,23-24H,3,6-7,14-18H2,1H3,(H,26,30)/t20-,23-,24-/m0/s1. The van der Waals surface area contributed by atoms with Crippen molar-refractivity contribution in [3.8, 4) is 0 Å². The summed E-state index contributed by atoms with van der Waals surface area (Å²) in [6.45, 7) is 3.66. The van der Waals surface area contributed by atoms with E-state index in [0.717, 1.165) is 25.2 Å². The Morgan fingerprint density at radius 3 is 2.48 bits per heavy atom. The molecule has 0 unspecified atom stereocenters. The normalized spacial score (nSPS) is 26.5. The molecular formula is C25H32N4O2. The van der Waals surface area contributed by atoms with E-state index >= 15 is 0 Å². The van der Waals surface area contributed by atoms with E-state index in [1.54, 1.807) is 0 Å². The Balaban J connectivity index is 1.38. The molecule has 164 valence electrons. The van der Waals surface area contributed by atoms with Crippen molar-refractivity contribution >= 4 is 17.4 Å². The first-order valence-electron chi connectivity index (χ1n) is 11.5. The van der Waals surface area contributed by atoms with E-state index in [9.17, 15) is 4.79 Å². The van der Waals surface area contributed by atoms with Crippen molar-refractivity contribution in [1.82, 2.24) is 9.96 Å². The lowest BCUT2D eigenvalue weighted by Gasteiger charge is -2.42. The smallest absolute Gasteiger partial charge is 0.322 e. The quantitative estimate of drug-likeness (QED) is 0.793. The number of nitrogens with zero attached hydrogens (tertiary/aromatic N) is 3. The highest BCUT2D eigenvalue weighted by molar-refractivity contribution is 5.89. The van der Waals surface area contributed by atoms with E-state index in [1.807, 2.05) is 47.3 Å². The van der Waals surface area contributed by atoms with Gasteiger partial charge in [-0.3, -0.25) is 4.84 Å². The van der Waals surface area contributed by atoms with Crippen LogP contribution >= 0.6 is 0 Å². The van der Waals surface area contributed by atoms with Crippen molar-refractivity contribution in [2.75, 3.05) is 43.5 Å². The van der Waals surface area contributed by atoms with Crippen LogP contribution in [0.15, 0.2) is 54.6 Å². The number of anilines is 2. The summed E-state index contributed by atoms with van der Waals surface area (Å²) in [4.78, 5) is 23.6. The number of carbonyl (C=O) groups excluding carboxylic acids is 1. The van der Waals surface area contributed by atoms with Gasteiger partial charge in [-0.05, 0) is 55.5 Å². The summed E-state index contributed by atoms with van der Waals surface area (Å²) in [5.74, 6) is 0.343. The van der Waals surface area contributed by atoms with Crippen LogP contribution in [0.25, 0.3) is 0 Å². The summed E-state index contributed by atoms with van der Waals surface area (Å²) in [5, 5.41) is 5.08. The number of amides is 2. The van der Waals surface area contributed by atoms with Crippen molar-refractivity contribution in [1.29, 1.82) is 0 Å². The second kappa shape index (κ2) is 8.89. The van der Waals surface area contributed by atoms with E-state index in [2.05, 4.69) is 34.5 Å². The number of rotatable bonds is 3. The van der Waals surface area contributed by atoms with Gasteiger partial charge in [-0.25, -0.2) is 4.79 Å². The van der Waals surface area contributed by atoms with Crippen LogP contribution in [0.2, 0.25) is 0 Å². The zero-order valence-corrected chi connectivity index (χ0v) is 18.2. The van der Waals surface area contributed by atoms with Crippen molar-refractivity contribution in [2.24, 2.45) is 5.92 Å². The van der Waals surface area contributed by atoms with Gasteiger partial charge in [-0.2, -0.15) is 5.06 Å². The lowest BCUT2D eigenvalue weighted by Crippen LogP contribution is -2.50. The van der Waals surface area contributed by atoms with Gasteiger partial charge >= 0.3 is 6.03 Å². The minimum Gasteiger partial charge on any atom is -0.372 e. The minimum atomic E-state index is -0.0377. The lowest BCUT2D eigenvalue weighted by molar-refractivity contribution is -0.113.